The molecule has 0 N–H and O–H groups in total. The quantitative estimate of drug-likeness (QED) is 0.775. The average Bonchev–Trinajstić information content (AvgIpc) is 2.45. The SMILES string of the molecule is CC(C)=CCN1CCCC(COc2ncc(C)cn2)C1. The summed E-state index contributed by atoms with van der Waals surface area (Å²) in [6, 6.07) is 0.497. The third kappa shape index (κ3) is 4.93. The highest BCUT2D eigenvalue weighted by Crippen LogP contribution is 2.17. The summed E-state index contributed by atoms with van der Waals surface area (Å²) in [5.41, 5.74) is 2.44. The minimum absolute atomic E-state index is 0.497. The zero-order valence-electron chi connectivity index (χ0n) is 12.8. The van der Waals surface area contributed by atoms with E-state index >= 15 is 0 Å². The van der Waals surface area contributed by atoms with Crippen molar-refractivity contribution in [1.82, 2.24) is 14.9 Å². The van der Waals surface area contributed by atoms with Gasteiger partial charge in [-0.25, -0.2) is 9.97 Å². The standard InChI is InChI=1S/C16H25N3O/c1-13(2)6-8-19-7-4-5-15(11-19)12-20-16-17-9-14(3)10-18-16/h6,9-10,15H,4-5,7-8,11-12H2,1-3H3. The van der Waals surface area contributed by atoms with Gasteiger partial charge in [-0.1, -0.05) is 11.6 Å². The molecule has 4 nitrogen and oxygen atoms in total. The number of aryl methyl sites for hydroxylation is 1. The molecule has 0 saturated carbocycles. The molecule has 1 unspecified atom stereocenters. The van der Waals surface area contributed by atoms with Gasteiger partial charge in [0.25, 0.3) is 0 Å². The van der Waals surface area contributed by atoms with Crippen LogP contribution in [0.1, 0.15) is 32.3 Å². The van der Waals surface area contributed by atoms with E-state index in [0.29, 0.717) is 18.5 Å². The van der Waals surface area contributed by atoms with Crippen LogP contribution in [0.5, 0.6) is 6.01 Å². The number of aromatic nitrogens is 2. The van der Waals surface area contributed by atoms with Gasteiger partial charge in [-0.2, -0.15) is 0 Å². The van der Waals surface area contributed by atoms with Crippen molar-refractivity contribution in [2.75, 3.05) is 26.2 Å². The molecule has 1 aliphatic rings. The number of piperidine rings is 1. The second-order valence-corrected chi connectivity index (χ2v) is 5.90. The van der Waals surface area contributed by atoms with Crippen molar-refractivity contribution >= 4 is 0 Å². The Balaban J connectivity index is 1.78. The van der Waals surface area contributed by atoms with Crippen LogP contribution in [0.15, 0.2) is 24.0 Å². The molecule has 110 valence electrons. The van der Waals surface area contributed by atoms with E-state index < -0.39 is 0 Å². The summed E-state index contributed by atoms with van der Waals surface area (Å²) in [6.45, 7) is 10.4. The zero-order chi connectivity index (χ0) is 14.4. The summed E-state index contributed by atoms with van der Waals surface area (Å²) < 4.78 is 5.71. The summed E-state index contributed by atoms with van der Waals surface area (Å²) in [5, 5.41) is 0. The number of rotatable bonds is 5. The Morgan fingerprint density at radius 2 is 2.15 bits per heavy atom. The van der Waals surface area contributed by atoms with Crippen LogP contribution in [0.2, 0.25) is 0 Å². The van der Waals surface area contributed by atoms with Crippen LogP contribution in [-0.2, 0) is 0 Å². The predicted molar refractivity (Wildman–Crippen MR) is 80.9 cm³/mol. The first-order valence-electron chi connectivity index (χ1n) is 7.40. The maximum Gasteiger partial charge on any atom is 0.316 e. The molecule has 20 heavy (non-hydrogen) atoms. The molecule has 1 fully saturated rings. The van der Waals surface area contributed by atoms with Crippen LogP contribution >= 0.6 is 0 Å². The van der Waals surface area contributed by atoms with Crippen LogP contribution in [0, 0.1) is 12.8 Å². The highest BCUT2D eigenvalue weighted by Gasteiger charge is 2.19. The lowest BCUT2D eigenvalue weighted by Gasteiger charge is -2.31. The van der Waals surface area contributed by atoms with Gasteiger partial charge in [-0.3, -0.25) is 4.90 Å². The number of allylic oxidation sites excluding steroid dienone is 1. The molecule has 1 aliphatic heterocycles. The molecule has 1 saturated heterocycles. The Kier molecular flexibility index (Phi) is 5.53. The normalized spacial score (nSPS) is 19.6. The molecule has 4 heteroatoms. The van der Waals surface area contributed by atoms with Gasteiger partial charge in [-0.05, 0) is 45.7 Å². The molecule has 1 atom stereocenters. The summed E-state index contributed by atoms with van der Waals surface area (Å²) in [7, 11) is 0. The van der Waals surface area contributed by atoms with Crippen LogP contribution < -0.4 is 4.74 Å². The van der Waals surface area contributed by atoms with E-state index in [1.54, 1.807) is 12.4 Å². The molecule has 0 spiro atoms. The average molecular weight is 275 g/mol. The lowest BCUT2D eigenvalue weighted by molar-refractivity contribution is 0.134. The Hall–Kier alpha value is -1.42. The number of ether oxygens (including phenoxy) is 1. The van der Waals surface area contributed by atoms with Crippen molar-refractivity contribution in [3.63, 3.8) is 0 Å². The predicted octanol–water partition coefficient (Wildman–Crippen LogP) is 2.84. The van der Waals surface area contributed by atoms with Crippen LogP contribution in [0.4, 0.5) is 0 Å². The highest BCUT2D eigenvalue weighted by molar-refractivity contribution is 5.04. The second kappa shape index (κ2) is 7.39. The maximum absolute atomic E-state index is 5.71. The highest BCUT2D eigenvalue weighted by atomic mass is 16.5. The van der Waals surface area contributed by atoms with Gasteiger partial charge >= 0.3 is 6.01 Å². The topological polar surface area (TPSA) is 38.2 Å². The first-order valence-corrected chi connectivity index (χ1v) is 7.40. The van der Waals surface area contributed by atoms with E-state index in [1.165, 1.54) is 25.0 Å². The van der Waals surface area contributed by atoms with Crippen molar-refractivity contribution in [1.29, 1.82) is 0 Å². The Bertz CT molecular complexity index is 438. The number of nitrogens with zero attached hydrogens (tertiary/aromatic N) is 3. The molecule has 2 heterocycles. The number of likely N-dealkylation sites (tertiary alicyclic amines) is 1. The summed E-state index contributed by atoms with van der Waals surface area (Å²) >= 11 is 0. The molecule has 0 bridgehead atoms. The molecule has 0 radical (unpaired) electrons. The van der Waals surface area contributed by atoms with E-state index in [4.69, 9.17) is 4.74 Å². The fraction of sp³-hybridized carbons (Fsp3) is 0.625. The Morgan fingerprint density at radius 1 is 1.40 bits per heavy atom. The number of hydrogen-bond donors (Lipinski definition) is 0. The number of hydrogen-bond acceptors (Lipinski definition) is 4. The van der Waals surface area contributed by atoms with Crippen molar-refractivity contribution < 1.29 is 4.74 Å². The molecule has 1 aromatic heterocycles. The molecular formula is C16H25N3O. The van der Waals surface area contributed by atoms with Gasteiger partial charge in [0.1, 0.15) is 0 Å². The third-order valence-corrected chi connectivity index (χ3v) is 3.57. The summed E-state index contributed by atoms with van der Waals surface area (Å²) in [6.07, 6.45) is 8.37. The minimum Gasteiger partial charge on any atom is -0.463 e. The molecular weight excluding hydrogens is 250 g/mol. The fourth-order valence-electron chi connectivity index (χ4n) is 2.41. The first kappa shape index (κ1) is 15.0. The lowest BCUT2D eigenvalue weighted by atomic mass is 9.99. The van der Waals surface area contributed by atoms with Gasteiger partial charge in [0.05, 0.1) is 6.61 Å². The molecule has 0 aliphatic carbocycles. The minimum atomic E-state index is 0.497. The second-order valence-electron chi connectivity index (χ2n) is 5.90. The van der Waals surface area contributed by atoms with Crippen molar-refractivity contribution in [2.24, 2.45) is 5.92 Å². The van der Waals surface area contributed by atoms with Gasteiger partial charge in [0.15, 0.2) is 0 Å². The Morgan fingerprint density at radius 3 is 2.85 bits per heavy atom. The smallest absolute Gasteiger partial charge is 0.316 e. The van der Waals surface area contributed by atoms with E-state index in [1.807, 2.05) is 6.92 Å². The van der Waals surface area contributed by atoms with E-state index in [-0.39, 0.29) is 0 Å². The van der Waals surface area contributed by atoms with Crippen LogP contribution in [-0.4, -0.2) is 41.1 Å². The van der Waals surface area contributed by atoms with Crippen molar-refractivity contribution in [3.05, 3.63) is 29.6 Å². The van der Waals surface area contributed by atoms with Crippen molar-refractivity contribution in [2.45, 2.75) is 33.6 Å². The fourth-order valence-corrected chi connectivity index (χ4v) is 2.41. The van der Waals surface area contributed by atoms with Gasteiger partial charge < -0.3 is 4.74 Å². The lowest BCUT2D eigenvalue weighted by Crippen LogP contribution is -2.37. The van der Waals surface area contributed by atoms with Gasteiger partial charge in [-0.15, -0.1) is 0 Å². The van der Waals surface area contributed by atoms with Gasteiger partial charge in [0, 0.05) is 31.4 Å². The molecule has 2 rings (SSSR count). The van der Waals surface area contributed by atoms with E-state index in [0.717, 1.165) is 18.7 Å². The van der Waals surface area contributed by atoms with E-state index in [2.05, 4.69) is 34.8 Å². The third-order valence-electron chi connectivity index (χ3n) is 3.57. The molecule has 1 aromatic rings. The molecule has 0 amide bonds. The summed E-state index contributed by atoms with van der Waals surface area (Å²) in [4.78, 5) is 10.9. The van der Waals surface area contributed by atoms with Gasteiger partial charge in [0.2, 0.25) is 0 Å². The largest absolute Gasteiger partial charge is 0.463 e. The Labute approximate surface area is 121 Å². The van der Waals surface area contributed by atoms with Crippen LogP contribution in [0.3, 0.4) is 0 Å². The molecule has 0 aromatic carbocycles. The van der Waals surface area contributed by atoms with Crippen molar-refractivity contribution in [3.8, 4) is 6.01 Å². The van der Waals surface area contributed by atoms with Crippen LogP contribution in [0.25, 0.3) is 0 Å². The zero-order valence-corrected chi connectivity index (χ0v) is 12.8. The maximum atomic E-state index is 5.71. The first-order chi connectivity index (χ1) is 9.63. The van der Waals surface area contributed by atoms with E-state index in [9.17, 15) is 0 Å². The monoisotopic (exact) mass is 275 g/mol. The summed E-state index contributed by atoms with van der Waals surface area (Å²) in [5.74, 6) is 0.583.